The Kier molecular flexibility index (Phi) is 3.55. The lowest BCUT2D eigenvalue weighted by Crippen LogP contribution is -2.64. The largest absolute Gasteiger partial charge is 0.389 e. The van der Waals surface area contributed by atoms with Gasteiger partial charge in [0.25, 0.3) is 0 Å². The van der Waals surface area contributed by atoms with Gasteiger partial charge in [-0.3, -0.25) is 4.79 Å². The fourth-order valence-electron chi connectivity index (χ4n) is 7.85. The standard InChI is InChI=1S/C21H34O2/c1-4-14-7-8-16-15-9-13-21(23)11-5-6-18(22)20(21,3)17(15)10-12-19(14,16)2/h14-17,23H,4-13H2,1-3H3/t14-,15-,16-,17-,19+,20-,21?/m0/s1. The molecule has 4 fully saturated rings. The van der Waals surface area contributed by atoms with Crippen LogP contribution in [-0.4, -0.2) is 16.5 Å². The fraction of sp³-hybridized carbons (Fsp3) is 0.952. The summed E-state index contributed by atoms with van der Waals surface area (Å²) in [6.07, 6.45) is 10.9. The lowest BCUT2D eigenvalue weighted by atomic mass is 9.43. The van der Waals surface area contributed by atoms with E-state index in [-0.39, 0.29) is 0 Å². The van der Waals surface area contributed by atoms with Crippen LogP contribution in [0.2, 0.25) is 0 Å². The van der Waals surface area contributed by atoms with Crippen molar-refractivity contribution in [3.8, 4) is 0 Å². The van der Waals surface area contributed by atoms with Gasteiger partial charge in [0.1, 0.15) is 5.78 Å². The van der Waals surface area contributed by atoms with Gasteiger partial charge in [-0.1, -0.05) is 20.3 Å². The average Bonchev–Trinajstić information content (AvgIpc) is 2.86. The summed E-state index contributed by atoms with van der Waals surface area (Å²) < 4.78 is 0. The van der Waals surface area contributed by atoms with Crippen molar-refractivity contribution in [2.75, 3.05) is 0 Å². The molecule has 0 amide bonds. The Labute approximate surface area is 141 Å². The maximum absolute atomic E-state index is 12.9. The number of ketones is 1. The van der Waals surface area contributed by atoms with Crippen molar-refractivity contribution in [2.24, 2.45) is 34.5 Å². The van der Waals surface area contributed by atoms with Crippen molar-refractivity contribution in [3.05, 3.63) is 0 Å². The second-order valence-electron chi connectivity index (χ2n) is 9.65. The third-order valence-electron chi connectivity index (χ3n) is 9.30. The van der Waals surface area contributed by atoms with Crippen molar-refractivity contribution in [2.45, 2.75) is 90.6 Å². The SMILES string of the molecule is CC[C@H]1CC[C@H]2[C@@H]3CCC4(O)CCCC(=O)[C@]4(C)[C@H]3CC[C@]12C. The molecular weight excluding hydrogens is 284 g/mol. The molecule has 1 unspecified atom stereocenters. The average molecular weight is 319 g/mol. The monoisotopic (exact) mass is 318 g/mol. The first kappa shape index (κ1) is 16.1. The molecule has 23 heavy (non-hydrogen) atoms. The predicted octanol–water partition coefficient (Wildman–Crippen LogP) is 4.74. The number of hydrogen-bond donors (Lipinski definition) is 1. The summed E-state index contributed by atoms with van der Waals surface area (Å²) in [6.45, 7) is 7.04. The molecule has 0 aromatic heterocycles. The first-order valence-corrected chi connectivity index (χ1v) is 10.1. The Balaban J connectivity index is 1.70. The molecule has 0 spiro atoms. The number of rotatable bonds is 1. The third kappa shape index (κ3) is 1.88. The van der Waals surface area contributed by atoms with Crippen LogP contribution in [0, 0.1) is 34.5 Å². The lowest BCUT2D eigenvalue weighted by Gasteiger charge is -2.62. The number of carbonyl (C=O) groups is 1. The quantitative estimate of drug-likeness (QED) is 0.758. The van der Waals surface area contributed by atoms with E-state index in [1.807, 2.05) is 0 Å². The van der Waals surface area contributed by atoms with Crippen LogP contribution >= 0.6 is 0 Å². The third-order valence-corrected chi connectivity index (χ3v) is 9.30. The summed E-state index contributed by atoms with van der Waals surface area (Å²) in [5.74, 6) is 3.15. The molecule has 4 rings (SSSR count). The predicted molar refractivity (Wildman–Crippen MR) is 92.0 cm³/mol. The van der Waals surface area contributed by atoms with Crippen LogP contribution in [0.4, 0.5) is 0 Å². The number of carbonyl (C=O) groups excluding carboxylic acids is 1. The maximum atomic E-state index is 12.9. The molecule has 0 heterocycles. The lowest BCUT2D eigenvalue weighted by molar-refractivity contribution is -0.202. The van der Waals surface area contributed by atoms with Crippen LogP contribution in [0.15, 0.2) is 0 Å². The van der Waals surface area contributed by atoms with Crippen LogP contribution in [0.5, 0.6) is 0 Å². The normalized spacial score (nSPS) is 55.9. The van der Waals surface area contributed by atoms with Gasteiger partial charge in [-0.25, -0.2) is 0 Å². The molecule has 0 radical (unpaired) electrons. The van der Waals surface area contributed by atoms with Crippen LogP contribution in [0.3, 0.4) is 0 Å². The smallest absolute Gasteiger partial charge is 0.141 e. The van der Waals surface area contributed by atoms with Crippen molar-refractivity contribution < 1.29 is 9.90 Å². The first-order chi connectivity index (χ1) is 10.9. The van der Waals surface area contributed by atoms with E-state index in [0.717, 1.165) is 37.5 Å². The van der Waals surface area contributed by atoms with Crippen molar-refractivity contribution in [1.82, 2.24) is 0 Å². The van der Waals surface area contributed by atoms with Gasteiger partial charge in [-0.15, -0.1) is 0 Å². The summed E-state index contributed by atoms with van der Waals surface area (Å²) in [6, 6.07) is 0. The summed E-state index contributed by atoms with van der Waals surface area (Å²) >= 11 is 0. The number of Topliss-reactive ketones (excluding diaryl/α,β-unsaturated/α-hetero) is 1. The Morgan fingerprint density at radius 1 is 1.04 bits per heavy atom. The van der Waals surface area contributed by atoms with E-state index in [1.54, 1.807) is 0 Å². The Morgan fingerprint density at radius 2 is 1.83 bits per heavy atom. The second kappa shape index (κ2) is 5.07. The highest BCUT2D eigenvalue weighted by Gasteiger charge is 2.66. The molecule has 0 aromatic rings. The highest BCUT2D eigenvalue weighted by atomic mass is 16.3. The van der Waals surface area contributed by atoms with Gasteiger partial charge in [0.2, 0.25) is 0 Å². The molecule has 0 saturated heterocycles. The Bertz CT molecular complexity index is 514. The minimum absolute atomic E-state index is 0.370. The summed E-state index contributed by atoms with van der Waals surface area (Å²) in [5.41, 5.74) is -0.667. The highest BCUT2D eigenvalue weighted by Crippen LogP contribution is 2.67. The molecule has 4 aliphatic carbocycles. The minimum atomic E-state index is -0.708. The van der Waals surface area contributed by atoms with Gasteiger partial charge in [0.05, 0.1) is 11.0 Å². The molecule has 0 aliphatic heterocycles. The highest BCUT2D eigenvalue weighted by molar-refractivity contribution is 5.87. The zero-order chi connectivity index (χ0) is 16.5. The molecule has 2 heteroatoms. The Hall–Kier alpha value is -0.370. The molecule has 2 nitrogen and oxygen atoms in total. The van der Waals surface area contributed by atoms with Gasteiger partial charge in [0, 0.05) is 6.42 Å². The van der Waals surface area contributed by atoms with E-state index in [1.165, 1.54) is 32.1 Å². The molecule has 4 aliphatic rings. The van der Waals surface area contributed by atoms with Crippen molar-refractivity contribution >= 4 is 5.78 Å². The zero-order valence-electron chi connectivity index (χ0n) is 15.2. The zero-order valence-corrected chi connectivity index (χ0v) is 15.2. The van der Waals surface area contributed by atoms with E-state index in [0.29, 0.717) is 29.5 Å². The van der Waals surface area contributed by atoms with Crippen LogP contribution < -0.4 is 0 Å². The van der Waals surface area contributed by atoms with Crippen molar-refractivity contribution in [1.29, 1.82) is 0 Å². The topological polar surface area (TPSA) is 37.3 Å². The van der Waals surface area contributed by atoms with Crippen LogP contribution in [-0.2, 0) is 4.79 Å². The summed E-state index contributed by atoms with van der Waals surface area (Å²) in [7, 11) is 0. The van der Waals surface area contributed by atoms with E-state index in [9.17, 15) is 9.90 Å². The Morgan fingerprint density at radius 3 is 2.57 bits per heavy atom. The van der Waals surface area contributed by atoms with Gasteiger partial charge in [-0.05, 0) is 87.4 Å². The number of fused-ring (bicyclic) bond motifs is 5. The molecule has 130 valence electrons. The van der Waals surface area contributed by atoms with E-state index >= 15 is 0 Å². The molecular formula is C21H34O2. The van der Waals surface area contributed by atoms with E-state index in [4.69, 9.17) is 0 Å². The minimum Gasteiger partial charge on any atom is -0.389 e. The van der Waals surface area contributed by atoms with Crippen molar-refractivity contribution in [3.63, 3.8) is 0 Å². The molecule has 4 saturated carbocycles. The van der Waals surface area contributed by atoms with E-state index < -0.39 is 11.0 Å². The number of aliphatic hydroxyl groups is 1. The van der Waals surface area contributed by atoms with Crippen LogP contribution in [0.1, 0.15) is 85.0 Å². The maximum Gasteiger partial charge on any atom is 0.141 e. The van der Waals surface area contributed by atoms with Gasteiger partial charge < -0.3 is 5.11 Å². The summed E-state index contributed by atoms with van der Waals surface area (Å²) in [5, 5.41) is 11.3. The van der Waals surface area contributed by atoms with Gasteiger partial charge in [-0.2, -0.15) is 0 Å². The molecule has 0 aromatic carbocycles. The second-order valence-corrected chi connectivity index (χ2v) is 9.65. The van der Waals surface area contributed by atoms with E-state index in [2.05, 4.69) is 20.8 Å². The van der Waals surface area contributed by atoms with Crippen LogP contribution in [0.25, 0.3) is 0 Å². The fourth-order valence-corrected chi connectivity index (χ4v) is 7.85. The summed E-state index contributed by atoms with van der Waals surface area (Å²) in [4.78, 5) is 12.9. The van der Waals surface area contributed by atoms with Gasteiger partial charge >= 0.3 is 0 Å². The molecule has 7 atom stereocenters. The number of hydrogen-bond acceptors (Lipinski definition) is 2. The molecule has 0 bridgehead atoms. The first-order valence-electron chi connectivity index (χ1n) is 10.1. The molecule has 1 N–H and O–H groups in total. The van der Waals surface area contributed by atoms with Gasteiger partial charge in [0.15, 0.2) is 0 Å².